The summed E-state index contributed by atoms with van der Waals surface area (Å²) in [5, 5.41) is 0. The summed E-state index contributed by atoms with van der Waals surface area (Å²) in [6, 6.07) is 14.9. The zero-order valence-corrected chi connectivity index (χ0v) is 14.0. The van der Waals surface area contributed by atoms with Gasteiger partial charge in [0.05, 0.1) is 0 Å². The zero-order chi connectivity index (χ0) is 14.7. The van der Waals surface area contributed by atoms with Gasteiger partial charge in [0.2, 0.25) is 0 Å². The van der Waals surface area contributed by atoms with Crippen molar-refractivity contribution in [2.75, 3.05) is 5.75 Å². The zero-order valence-electron chi connectivity index (χ0n) is 11.6. The molecule has 0 nitrogen and oxygen atoms in total. The van der Waals surface area contributed by atoms with Crippen LogP contribution in [0.3, 0.4) is 0 Å². The van der Waals surface area contributed by atoms with Gasteiger partial charge in [-0.15, -0.1) is 11.8 Å². The summed E-state index contributed by atoms with van der Waals surface area (Å²) in [6.45, 7) is 4.21. The lowest BCUT2D eigenvalue weighted by Gasteiger charge is -2.14. The Bertz CT molecular complexity index is 741. The smallest absolute Gasteiger partial charge is 0.0232 e. The molecular weight excluding hydrogens is 340 g/mol. The van der Waals surface area contributed by atoms with Crippen LogP contribution in [0.5, 0.6) is 0 Å². The fraction of sp³-hybridized carbons (Fsp3) is 0.0526. The topological polar surface area (TPSA) is 0 Å². The van der Waals surface area contributed by atoms with Crippen molar-refractivity contribution < 1.29 is 0 Å². The van der Waals surface area contributed by atoms with E-state index in [-0.39, 0.29) is 0 Å². The molecule has 0 amide bonds. The molecule has 1 heterocycles. The minimum Gasteiger partial charge on any atom is -0.121 e. The van der Waals surface area contributed by atoms with Gasteiger partial charge in [0.1, 0.15) is 0 Å². The van der Waals surface area contributed by atoms with Gasteiger partial charge in [-0.25, -0.2) is 0 Å². The molecule has 0 bridgehead atoms. The molecule has 0 radical (unpaired) electrons. The van der Waals surface area contributed by atoms with Gasteiger partial charge < -0.3 is 0 Å². The van der Waals surface area contributed by atoms with E-state index in [4.69, 9.17) is 0 Å². The summed E-state index contributed by atoms with van der Waals surface area (Å²) in [5.74, 6) is 0.968. The molecule has 1 aliphatic heterocycles. The highest BCUT2D eigenvalue weighted by Gasteiger charge is 2.12. The standard InChI is InChI=1S/C19H15BrS/c1-14-7-3-2-4-12-21-19-17(14)10-6-11-18(19)15-8-5-9-16(20)13-15/h2-11,13H,1,12H2/b4-2-,7-3-. The average Bonchev–Trinajstić information content (AvgIpc) is 2.58. The molecule has 0 N–H and O–H groups in total. The SMILES string of the molecule is C=C1/C=C\C=C/CSc2c1cccc2-c1cccc(Br)c1. The summed E-state index contributed by atoms with van der Waals surface area (Å²) in [5.41, 5.74) is 4.77. The maximum absolute atomic E-state index is 4.21. The van der Waals surface area contributed by atoms with Gasteiger partial charge in [-0.2, -0.15) is 0 Å². The molecule has 0 saturated carbocycles. The van der Waals surface area contributed by atoms with Gasteiger partial charge in [0, 0.05) is 15.1 Å². The predicted molar refractivity (Wildman–Crippen MR) is 97.6 cm³/mol. The first-order valence-corrected chi connectivity index (χ1v) is 8.58. The van der Waals surface area contributed by atoms with Crippen molar-refractivity contribution in [3.8, 4) is 11.1 Å². The van der Waals surface area contributed by atoms with E-state index in [9.17, 15) is 0 Å². The summed E-state index contributed by atoms with van der Waals surface area (Å²) in [4.78, 5) is 1.30. The van der Waals surface area contributed by atoms with E-state index in [0.29, 0.717) is 0 Å². The number of halogens is 1. The van der Waals surface area contributed by atoms with Gasteiger partial charge in [-0.05, 0) is 34.4 Å². The Morgan fingerprint density at radius 2 is 1.81 bits per heavy atom. The molecule has 0 spiro atoms. The number of fused-ring (bicyclic) bond motifs is 1. The predicted octanol–water partition coefficient (Wildman–Crippen LogP) is 6.35. The Hall–Kier alpha value is -1.51. The molecule has 2 aromatic carbocycles. The third-order valence-corrected chi connectivity index (χ3v) is 4.95. The molecule has 21 heavy (non-hydrogen) atoms. The van der Waals surface area contributed by atoms with Crippen molar-refractivity contribution in [3.05, 3.63) is 83.4 Å². The highest BCUT2D eigenvalue weighted by molar-refractivity contribution is 9.10. The lowest BCUT2D eigenvalue weighted by molar-refractivity contribution is 1.39. The van der Waals surface area contributed by atoms with Crippen molar-refractivity contribution in [1.82, 2.24) is 0 Å². The van der Waals surface area contributed by atoms with Crippen LogP contribution in [0.1, 0.15) is 5.56 Å². The molecule has 104 valence electrons. The number of hydrogen-bond donors (Lipinski definition) is 0. The Morgan fingerprint density at radius 1 is 1.00 bits per heavy atom. The van der Waals surface area contributed by atoms with Crippen molar-refractivity contribution in [2.45, 2.75) is 4.90 Å². The second kappa shape index (κ2) is 6.50. The van der Waals surface area contributed by atoms with Gasteiger partial charge in [-0.1, -0.05) is 77.1 Å². The largest absolute Gasteiger partial charge is 0.121 e. The van der Waals surface area contributed by atoms with Crippen LogP contribution < -0.4 is 0 Å². The first-order chi connectivity index (χ1) is 10.3. The van der Waals surface area contributed by atoms with Crippen LogP contribution in [-0.4, -0.2) is 5.75 Å². The van der Waals surface area contributed by atoms with Crippen LogP contribution in [0.4, 0.5) is 0 Å². The molecule has 3 rings (SSSR count). The Morgan fingerprint density at radius 3 is 2.67 bits per heavy atom. The quantitative estimate of drug-likeness (QED) is 0.575. The minimum absolute atomic E-state index is 0.968. The van der Waals surface area contributed by atoms with Crippen LogP contribution in [0, 0.1) is 0 Å². The number of allylic oxidation sites excluding steroid dienone is 4. The maximum Gasteiger partial charge on any atom is 0.0232 e. The Kier molecular flexibility index (Phi) is 4.47. The third-order valence-electron chi connectivity index (χ3n) is 3.37. The van der Waals surface area contributed by atoms with E-state index < -0.39 is 0 Å². The van der Waals surface area contributed by atoms with Crippen LogP contribution in [-0.2, 0) is 0 Å². The summed E-state index contributed by atoms with van der Waals surface area (Å²) < 4.78 is 1.10. The van der Waals surface area contributed by atoms with Crippen LogP contribution in [0.25, 0.3) is 16.7 Å². The van der Waals surface area contributed by atoms with Gasteiger partial charge >= 0.3 is 0 Å². The third kappa shape index (κ3) is 3.22. The van der Waals surface area contributed by atoms with E-state index in [1.54, 1.807) is 0 Å². The monoisotopic (exact) mass is 354 g/mol. The first-order valence-electron chi connectivity index (χ1n) is 6.80. The highest BCUT2D eigenvalue weighted by atomic mass is 79.9. The lowest BCUT2D eigenvalue weighted by Crippen LogP contribution is -1.90. The van der Waals surface area contributed by atoms with Crippen molar-refractivity contribution in [3.63, 3.8) is 0 Å². The molecule has 0 aliphatic carbocycles. The fourth-order valence-electron chi connectivity index (χ4n) is 2.36. The molecule has 0 fully saturated rings. The van der Waals surface area contributed by atoms with Crippen molar-refractivity contribution in [1.29, 1.82) is 0 Å². The van der Waals surface area contributed by atoms with Gasteiger partial charge in [-0.3, -0.25) is 0 Å². The minimum atomic E-state index is 0.968. The van der Waals surface area contributed by atoms with E-state index in [1.165, 1.54) is 21.6 Å². The molecule has 0 atom stereocenters. The Labute approximate surface area is 138 Å². The molecule has 0 unspecified atom stereocenters. The number of benzene rings is 2. The molecule has 2 heteroatoms. The van der Waals surface area contributed by atoms with Crippen LogP contribution in [0.15, 0.2) is 82.7 Å². The second-order valence-corrected chi connectivity index (χ2v) is 6.76. The molecule has 2 aromatic rings. The van der Waals surface area contributed by atoms with Gasteiger partial charge in [0.25, 0.3) is 0 Å². The van der Waals surface area contributed by atoms with Crippen molar-refractivity contribution >= 4 is 33.3 Å². The van der Waals surface area contributed by atoms with Crippen LogP contribution in [0.2, 0.25) is 0 Å². The molecule has 0 aromatic heterocycles. The fourth-order valence-corrected chi connectivity index (χ4v) is 3.83. The normalized spacial score (nSPS) is 17.3. The number of rotatable bonds is 1. The molecule has 0 saturated heterocycles. The maximum atomic E-state index is 4.21. The summed E-state index contributed by atoms with van der Waals surface area (Å²) in [7, 11) is 0. The van der Waals surface area contributed by atoms with Gasteiger partial charge in [0.15, 0.2) is 0 Å². The van der Waals surface area contributed by atoms with E-state index >= 15 is 0 Å². The Balaban J connectivity index is 2.18. The lowest BCUT2D eigenvalue weighted by atomic mass is 9.99. The number of thioether (sulfide) groups is 1. The first kappa shape index (κ1) is 14.4. The molecule has 1 aliphatic rings. The van der Waals surface area contributed by atoms with E-state index in [0.717, 1.165) is 15.8 Å². The molecular formula is C19H15BrS. The van der Waals surface area contributed by atoms with Crippen LogP contribution >= 0.6 is 27.7 Å². The second-order valence-electron chi connectivity index (χ2n) is 4.82. The average molecular weight is 355 g/mol. The van der Waals surface area contributed by atoms with Crippen molar-refractivity contribution in [2.24, 2.45) is 0 Å². The summed E-state index contributed by atoms with van der Waals surface area (Å²) in [6.07, 6.45) is 8.40. The number of hydrogen-bond acceptors (Lipinski definition) is 1. The van der Waals surface area contributed by atoms with E-state index in [2.05, 4.69) is 89.3 Å². The van der Waals surface area contributed by atoms with E-state index in [1.807, 2.05) is 11.8 Å². The summed E-state index contributed by atoms with van der Waals surface area (Å²) >= 11 is 5.43. The highest BCUT2D eigenvalue weighted by Crippen LogP contribution is 2.38.